The van der Waals surface area contributed by atoms with Crippen LogP contribution in [0.5, 0.6) is 5.75 Å². The Morgan fingerprint density at radius 1 is 1.46 bits per heavy atom. The van der Waals surface area contributed by atoms with Gasteiger partial charge in [0.2, 0.25) is 0 Å². The van der Waals surface area contributed by atoms with Crippen LogP contribution >= 0.6 is 0 Å². The van der Waals surface area contributed by atoms with E-state index in [2.05, 4.69) is 0 Å². The average molecular weight is 176 g/mol. The zero-order valence-corrected chi connectivity index (χ0v) is 7.29. The van der Waals surface area contributed by atoms with Crippen LogP contribution in [-0.4, -0.2) is 11.9 Å². The molecule has 13 heavy (non-hydrogen) atoms. The molecule has 68 valence electrons. The summed E-state index contributed by atoms with van der Waals surface area (Å²) in [5, 5.41) is 7.28. The maximum absolute atomic E-state index is 7.28. The van der Waals surface area contributed by atoms with Crippen molar-refractivity contribution in [1.29, 1.82) is 5.41 Å². The first-order valence-electron chi connectivity index (χ1n) is 4.36. The van der Waals surface area contributed by atoms with Crippen molar-refractivity contribution in [1.82, 2.24) is 0 Å². The molecule has 1 aliphatic rings. The van der Waals surface area contributed by atoms with Gasteiger partial charge in [-0.05, 0) is 24.5 Å². The van der Waals surface area contributed by atoms with Gasteiger partial charge in [-0.2, -0.15) is 0 Å². The Morgan fingerprint density at radius 3 is 3.00 bits per heavy atom. The molecule has 0 saturated carbocycles. The van der Waals surface area contributed by atoms with Gasteiger partial charge in [0.1, 0.15) is 11.6 Å². The van der Waals surface area contributed by atoms with Crippen LogP contribution in [-0.2, 0) is 6.42 Å². The first-order valence-corrected chi connectivity index (χ1v) is 4.36. The third-order valence-electron chi connectivity index (χ3n) is 2.26. The molecule has 1 atom stereocenters. The molecular formula is C10H12N2O. The summed E-state index contributed by atoms with van der Waals surface area (Å²) in [6.07, 6.45) is 1.53. The molecule has 0 aliphatic carbocycles. The molecule has 0 aromatic heterocycles. The summed E-state index contributed by atoms with van der Waals surface area (Å²) in [5.74, 6) is 0.989. The number of hydrogen-bond donors (Lipinski definition) is 2. The average Bonchev–Trinajstić information content (AvgIpc) is 2.17. The summed E-state index contributed by atoms with van der Waals surface area (Å²) in [5.41, 5.74) is 6.59. The van der Waals surface area contributed by atoms with Crippen LogP contribution in [0.3, 0.4) is 0 Å². The van der Waals surface area contributed by atoms with E-state index in [4.69, 9.17) is 15.9 Å². The number of nitrogens with one attached hydrogen (secondary N) is 1. The Bertz CT molecular complexity index is 335. The monoisotopic (exact) mass is 176 g/mol. The van der Waals surface area contributed by atoms with Gasteiger partial charge in [0.15, 0.2) is 6.10 Å². The molecule has 3 N–H and O–H groups in total. The zero-order valence-electron chi connectivity index (χ0n) is 7.29. The number of rotatable bonds is 1. The summed E-state index contributed by atoms with van der Waals surface area (Å²) >= 11 is 0. The van der Waals surface area contributed by atoms with Crippen LogP contribution in [0.25, 0.3) is 0 Å². The highest BCUT2D eigenvalue weighted by Gasteiger charge is 2.20. The van der Waals surface area contributed by atoms with E-state index in [-0.39, 0.29) is 11.9 Å². The predicted molar refractivity (Wildman–Crippen MR) is 51.1 cm³/mol. The first kappa shape index (κ1) is 8.10. The van der Waals surface area contributed by atoms with Gasteiger partial charge >= 0.3 is 0 Å². The Balaban J connectivity index is 2.24. The van der Waals surface area contributed by atoms with Crippen molar-refractivity contribution >= 4 is 5.84 Å². The number of benzene rings is 1. The van der Waals surface area contributed by atoms with Crippen molar-refractivity contribution in [3.63, 3.8) is 0 Å². The van der Waals surface area contributed by atoms with Crippen molar-refractivity contribution in [3.8, 4) is 5.75 Å². The molecule has 3 nitrogen and oxygen atoms in total. The second-order valence-electron chi connectivity index (χ2n) is 3.21. The van der Waals surface area contributed by atoms with Gasteiger partial charge in [0, 0.05) is 0 Å². The van der Waals surface area contributed by atoms with Crippen molar-refractivity contribution in [2.75, 3.05) is 0 Å². The molecule has 1 aromatic carbocycles. The summed E-state index contributed by atoms with van der Waals surface area (Å²) in [7, 11) is 0. The molecule has 0 saturated heterocycles. The number of para-hydroxylation sites is 1. The number of amidine groups is 1. The first-order chi connectivity index (χ1) is 6.27. The largest absolute Gasteiger partial charge is 0.482 e. The lowest BCUT2D eigenvalue weighted by molar-refractivity contribution is 0.233. The summed E-state index contributed by atoms with van der Waals surface area (Å²) in [4.78, 5) is 0. The number of fused-ring (bicyclic) bond motifs is 1. The van der Waals surface area contributed by atoms with Gasteiger partial charge in [0.05, 0.1) is 0 Å². The van der Waals surface area contributed by atoms with Crippen LogP contribution in [0.2, 0.25) is 0 Å². The standard InChI is InChI=1S/C10H12N2O/c11-10(12)9-6-5-7-3-1-2-4-8(7)13-9/h1-4,9H,5-6H2,(H3,11,12). The lowest BCUT2D eigenvalue weighted by Gasteiger charge is -2.24. The Labute approximate surface area is 77.0 Å². The van der Waals surface area contributed by atoms with Crippen LogP contribution in [0.1, 0.15) is 12.0 Å². The van der Waals surface area contributed by atoms with Gasteiger partial charge in [-0.1, -0.05) is 18.2 Å². The fourth-order valence-corrected chi connectivity index (χ4v) is 1.54. The molecule has 0 amide bonds. The zero-order chi connectivity index (χ0) is 9.26. The molecule has 1 heterocycles. The molecule has 1 unspecified atom stereocenters. The molecular weight excluding hydrogens is 164 g/mol. The fourth-order valence-electron chi connectivity index (χ4n) is 1.54. The molecule has 3 heteroatoms. The quantitative estimate of drug-likeness (QED) is 0.500. The van der Waals surface area contributed by atoms with E-state index in [1.807, 2.05) is 24.3 Å². The van der Waals surface area contributed by atoms with Gasteiger partial charge < -0.3 is 10.5 Å². The minimum Gasteiger partial charge on any atom is -0.482 e. The van der Waals surface area contributed by atoms with Crippen LogP contribution in [0.15, 0.2) is 24.3 Å². The highest BCUT2D eigenvalue weighted by molar-refractivity contribution is 5.82. The van der Waals surface area contributed by atoms with E-state index in [9.17, 15) is 0 Å². The van der Waals surface area contributed by atoms with Crippen molar-refractivity contribution in [2.24, 2.45) is 5.73 Å². The molecule has 0 spiro atoms. The fraction of sp³-hybridized carbons (Fsp3) is 0.300. The normalized spacial score (nSPS) is 20.2. The maximum atomic E-state index is 7.28. The van der Waals surface area contributed by atoms with E-state index in [0.717, 1.165) is 18.6 Å². The lowest BCUT2D eigenvalue weighted by Crippen LogP contribution is -2.35. The Hall–Kier alpha value is -1.51. The topological polar surface area (TPSA) is 59.1 Å². The van der Waals surface area contributed by atoms with Gasteiger partial charge in [-0.15, -0.1) is 0 Å². The molecule has 0 bridgehead atoms. The van der Waals surface area contributed by atoms with E-state index >= 15 is 0 Å². The third-order valence-corrected chi connectivity index (χ3v) is 2.26. The Morgan fingerprint density at radius 2 is 2.23 bits per heavy atom. The molecule has 2 rings (SSSR count). The van der Waals surface area contributed by atoms with Crippen LogP contribution in [0.4, 0.5) is 0 Å². The van der Waals surface area contributed by atoms with Crippen molar-refractivity contribution in [2.45, 2.75) is 18.9 Å². The highest BCUT2D eigenvalue weighted by Crippen LogP contribution is 2.26. The van der Waals surface area contributed by atoms with Crippen molar-refractivity contribution in [3.05, 3.63) is 29.8 Å². The van der Waals surface area contributed by atoms with Gasteiger partial charge in [0.25, 0.3) is 0 Å². The predicted octanol–water partition coefficient (Wildman–Crippen LogP) is 1.32. The van der Waals surface area contributed by atoms with Gasteiger partial charge in [-0.25, -0.2) is 0 Å². The summed E-state index contributed by atoms with van der Waals surface area (Å²) in [6, 6.07) is 7.90. The summed E-state index contributed by atoms with van der Waals surface area (Å²) in [6.45, 7) is 0. The molecule has 1 aromatic rings. The second-order valence-corrected chi connectivity index (χ2v) is 3.21. The lowest BCUT2D eigenvalue weighted by atomic mass is 10.0. The van der Waals surface area contributed by atoms with Crippen LogP contribution < -0.4 is 10.5 Å². The summed E-state index contributed by atoms with van der Waals surface area (Å²) < 4.78 is 5.54. The number of ether oxygens (including phenoxy) is 1. The van der Waals surface area contributed by atoms with E-state index in [1.54, 1.807) is 0 Å². The number of hydrogen-bond acceptors (Lipinski definition) is 2. The smallest absolute Gasteiger partial charge is 0.155 e. The molecule has 0 fully saturated rings. The minimum absolute atomic E-state index is 0.120. The SMILES string of the molecule is N=C(N)C1CCc2ccccc2O1. The van der Waals surface area contributed by atoms with Gasteiger partial charge in [-0.3, -0.25) is 5.41 Å². The van der Waals surface area contributed by atoms with Crippen LogP contribution in [0, 0.1) is 5.41 Å². The van der Waals surface area contributed by atoms with E-state index in [0.29, 0.717) is 0 Å². The van der Waals surface area contributed by atoms with E-state index < -0.39 is 0 Å². The number of nitrogens with two attached hydrogens (primary N) is 1. The second kappa shape index (κ2) is 3.09. The minimum atomic E-state index is -0.227. The molecule has 0 radical (unpaired) electrons. The van der Waals surface area contributed by atoms with E-state index in [1.165, 1.54) is 5.56 Å². The van der Waals surface area contributed by atoms with Crippen molar-refractivity contribution < 1.29 is 4.74 Å². The Kier molecular flexibility index (Phi) is 1.93. The maximum Gasteiger partial charge on any atom is 0.155 e. The highest BCUT2D eigenvalue weighted by atomic mass is 16.5. The molecule has 1 aliphatic heterocycles. The third kappa shape index (κ3) is 1.49. The number of aryl methyl sites for hydroxylation is 1.